The molecule has 0 spiro atoms. The van der Waals surface area contributed by atoms with E-state index in [9.17, 15) is 8.42 Å². The van der Waals surface area contributed by atoms with Crippen molar-refractivity contribution in [2.24, 2.45) is 0 Å². The predicted octanol–water partition coefficient (Wildman–Crippen LogP) is 1.51. The van der Waals surface area contributed by atoms with Crippen LogP contribution in [-0.2, 0) is 19.6 Å². The van der Waals surface area contributed by atoms with Gasteiger partial charge < -0.3 is 9.47 Å². The van der Waals surface area contributed by atoms with Gasteiger partial charge in [0.2, 0.25) is 0 Å². The van der Waals surface area contributed by atoms with Crippen LogP contribution in [0.1, 0.15) is 11.9 Å². The van der Waals surface area contributed by atoms with Crippen LogP contribution in [0, 0.1) is 0 Å². The van der Waals surface area contributed by atoms with E-state index in [1.54, 1.807) is 5.38 Å². The number of thiophene rings is 1. The van der Waals surface area contributed by atoms with Crippen molar-refractivity contribution in [1.29, 1.82) is 0 Å². The number of hydrogen-bond donors (Lipinski definition) is 1. The van der Waals surface area contributed by atoms with Crippen molar-refractivity contribution in [3.63, 3.8) is 0 Å². The van der Waals surface area contributed by atoms with Gasteiger partial charge in [0.25, 0.3) is 6.29 Å². The molecule has 0 amide bonds. The van der Waals surface area contributed by atoms with Gasteiger partial charge in [-0.25, -0.2) is 0 Å². The van der Waals surface area contributed by atoms with Crippen molar-refractivity contribution >= 4 is 21.5 Å². The van der Waals surface area contributed by atoms with Crippen molar-refractivity contribution in [3.8, 4) is 0 Å². The highest BCUT2D eigenvalue weighted by Gasteiger charge is 2.26. The molecular weight excluding hydrogens is 228 g/mol. The van der Waals surface area contributed by atoms with Crippen LogP contribution in [0.2, 0.25) is 0 Å². The molecule has 0 aromatic carbocycles. The summed E-state index contributed by atoms with van der Waals surface area (Å²) < 4.78 is 40.5. The second kappa shape index (κ2) is 3.26. The van der Waals surface area contributed by atoms with Crippen molar-refractivity contribution in [2.45, 2.75) is 10.5 Å². The fourth-order valence-electron chi connectivity index (χ4n) is 1.08. The van der Waals surface area contributed by atoms with Crippen molar-refractivity contribution in [2.75, 3.05) is 0 Å². The van der Waals surface area contributed by atoms with Crippen LogP contribution >= 0.6 is 11.3 Å². The number of ether oxygens (including phenoxy) is 2. The Hall–Kier alpha value is -1.05. The molecule has 0 bridgehead atoms. The Labute approximate surface area is 84.3 Å². The van der Waals surface area contributed by atoms with E-state index < -0.39 is 16.4 Å². The van der Waals surface area contributed by atoms with E-state index in [0.29, 0.717) is 5.56 Å². The highest BCUT2D eigenvalue weighted by Crippen LogP contribution is 2.32. The molecule has 0 atom stereocenters. The van der Waals surface area contributed by atoms with Crippen LogP contribution in [0.5, 0.6) is 0 Å². The summed E-state index contributed by atoms with van der Waals surface area (Å²) >= 11 is 0.918. The first kappa shape index (κ1) is 9.50. The van der Waals surface area contributed by atoms with Crippen LogP contribution in [0.4, 0.5) is 0 Å². The zero-order valence-corrected chi connectivity index (χ0v) is 8.42. The third kappa shape index (κ3) is 1.61. The Morgan fingerprint density at radius 1 is 1.36 bits per heavy atom. The molecule has 0 unspecified atom stereocenters. The van der Waals surface area contributed by atoms with Crippen LogP contribution in [0.15, 0.2) is 28.2 Å². The van der Waals surface area contributed by atoms with Crippen LogP contribution < -0.4 is 0 Å². The average molecular weight is 234 g/mol. The second-order valence-electron chi connectivity index (χ2n) is 2.51. The molecule has 2 rings (SSSR count). The minimum atomic E-state index is -4.20. The molecular formula is C7H6O5S2. The molecule has 0 saturated heterocycles. The van der Waals surface area contributed by atoms with Crippen molar-refractivity contribution in [3.05, 3.63) is 29.5 Å². The molecule has 2 heterocycles. The van der Waals surface area contributed by atoms with Gasteiger partial charge in [-0.3, -0.25) is 4.55 Å². The first-order chi connectivity index (χ1) is 6.59. The van der Waals surface area contributed by atoms with Gasteiger partial charge in [-0.2, -0.15) is 8.42 Å². The lowest BCUT2D eigenvalue weighted by atomic mass is 10.3. The van der Waals surface area contributed by atoms with Crippen LogP contribution in [-0.4, -0.2) is 13.0 Å². The van der Waals surface area contributed by atoms with Gasteiger partial charge in [0.05, 0.1) is 5.56 Å². The summed E-state index contributed by atoms with van der Waals surface area (Å²) in [6.45, 7) is 0. The van der Waals surface area contributed by atoms with E-state index in [2.05, 4.69) is 0 Å². The van der Waals surface area contributed by atoms with Crippen molar-refractivity contribution < 1.29 is 22.4 Å². The lowest BCUT2D eigenvalue weighted by molar-refractivity contribution is -0.0262. The molecule has 14 heavy (non-hydrogen) atoms. The maximum Gasteiger partial charge on any atom is 0.304 e. The third-order valence-corrected chi connectivity index (χ3v) is 3.95. The predicted molar refractivity (Wildman–Crippen MR) is 48.2 cm³/mol. The third-order valence-electron chi connectivity index (χ3n) is 1.61. The number of rotatable bonds is 2. The molecule has 0 radical (unpaired) electrons. The van der Waals surface area contributed by atoms with Gasteiger partial charge in [-0.05, 0) is 11.4 Å². The molecule has 5 nitrogen and oxygen atoms in total. The van der Waals surface area contributed by atoms with E-state index in [0.717, 1.165) is 11.3 Å². The van der Waals surface area contributed by atoms with Crippen molar-refractivity contribution in [1.82, 2.24) is 0 Å². The van der Waals surface area contributed by atoms with Crippen LogP contribution in [0.25, 0.3) is 0 Å². The molecule has 0 aliphatic carbocycles. The lowest BCUT2D eigenvalue weighted by Gasteiger charge is -2.09. The first-order valence-electron chi connectivity index (χ1n) is 3.60. The summed E-state index contributed by atoms with van der Waals surface area (Å²) in [6.07, 6.45) is 1.85. The monoisotopic (exact) mass is 234 g/mol. The molecule has 76 valence electrons. The SMILES string of the molecule is O=S(=O)(O)c1sccc1C1OC=CO1. The van der Waals surface area contributed by atoms with Gasteiger partial charge in [0, 0.05) is 0 Å². The summed E-state index contributed by atoms with van der Waals surface area (Å²) in [6, 6.07) is 1.53. The van der Waals surface area contributed by atoms with E-state index in [1.165, 1.54) is 18.6 Å². The first-order valence-corrected chi connectivity index (χ1v) is 5.92. The number of hydrogen-bond acceptors (Lipinski definition) is 5. The zero-order chi connectivity index (χ0) is 10.2. The van der Waals surface area contributed by atoms with Gasteiger partial charge in [-0.1, -0.05) is 0 Å². The standard InChI is InChI=1S/C7H6O5S2/c8-14(9,10)7-5(1-4-13-7)6-11-2-3-12-6/h1-4,6H,(H,8,9,10). The van der Waals surface area contributed by atoms with E-state index in [-0.39, 0.29) is 4.21 Å². The molecule has 1 aromatic rings. The Bertz CT molecular complexity index is 450. The highest BCUT2D eigenvalue weighted by atomic mass is 32.3. The molecule has 0 saturated carbocycles. The summed E-state index contributed by atoms with van der Waals surface area (Å²) in [5, 5.41) is 1.55. The summed E-state index contributed by atoms with van der Waals surface area (Å²) in [5.41, 5.74) is 0.308. The Morgan fingerprint density at radius 3 is 2.57 bits per heavy atom. The normalized spacial score (nSPS) is 16.6. The van der Waals surface area contributed by atoms with E-state index >= 15 is 0 Å². The average Bonchev–Trinajstić information content (AvgIpc) is 2.73. The smallest absolute Gasteiger partial charge is 0.304 e. The molecule has 0 fully saturated rings. The topological polar surface area (TPSA) is 72.8 Å². The van der Waals surface area contributed by atoms with Gasteiger partial charge >= 0.3 is 10.1 Å². The minimum absolute atomic E-state index is 0.147. The quantitative estimate of drug-likeness (QED) is 0.785. The van der Waals surface area contributed by atoms with E-state index in [4.69, 9.17) is 14.0 Å². The van der Waals surface area contributed by atoms with Crippen LogP contribution in [0.3, 0.4) is 0 Å². The molecule has 7 heteroatoms. The molecule has 1 aliphatic heterocycles. The molecule has 1 aliphatic rings. The Morgan fingerprint density at radius 2 is 2.00 bits per heavy atom. The zero-order valence-electron chi connectivity index (χ0n) is 6.78. The molecule has 1 aromatic heterocycles. The second-order valence-corrected chi connectivity index (χ2v) is 5.05. The summed E-state index contributed by atoms with van der Waals surface area (Å²) in [7, 11) is -4.20. The highest BCUT2D eigenvalue weighted by molar-refractivity contribution is 7.88. The van der Waals surface area contributed by atoms with E-state index in [1.807, 2.05) is 0 Å². The molecule has 1 N–H and O–H groups in total. The Kier molecular flexibility index (Phi) is 2.22. The fourth-order valence-corrected chi connectivity index (χ4v) is 2.83. The van der Waals surface area contributed by atoms with Gasteiger partial charge in [0.1, 0.15) is 12.5 Å². The summed E-state index contributed by atoms with van der Waals surface area (Å²) in [4.78, 5) is 0. The minimum Gasteiger partial charge on any atom is -0.455 e. The largest absolute Gasteiger partial charge is 0.455 e. The maximum atomic E-state index is 10.9. The van der Waals surface area contributed by atoms with Gasteiger partial charge in [-0.15, -0.1) is 11.3 Å². The van der Waals surface area contributed by atoms with Gasteiger partial charge in [0.15, 0.2) is 4.21 Å². The lowest BCUT2D eigenvalue weighted by Crippen LogP contribution is -2.04. The fraction of sp³-hybridized carbons (Fsp3) is 0.143. The Balaban J connectivity index is 2.40. The maximum absolute atomic E-state index is 10.9. The summed E-state index contributed by atoms with van der Waals surface area (Å²) in [5.74, 6) is 0.